The lowest BCUT2D eigenvalue weighted by Gasteiger charge is -2.05. The molecule has 0 aliphatic rings. The predicted molar refractivity (Wildman–Crippen MR) is 69.2 cm³/mol. The van der Waals surface area contributed by atoms with E-state index < -0.39 is 0 Å². The van der Waals surface area contributed by atoms with Crippen molar-refractivity contribution in [3.05, 3.63) is 42.0 Å². The lowest BCUT2D eigenvalue weighted by Crippen LogP contribution is -2.06. The van der Waals surface area contributed by atoms with Crippen LogP contribution in [0.2, 0.25) is 0 Å². The van der Waals surface area contributed by atoms with Crippen molar-refractivity contribution in [1.29, 1.82) is 0 Å². The van der Waals surface area contributed by atoms with Gasteiger partial charge < -0.3 is 4.74 Å². The molecule has 0 aromatic heterocycles. The van der Waals surface area contributed by atoms with Gasteiger partial charge in [0.15, 0.2) is 0 Å². The number of esters is 1. The van der Waals surface area contributed by atoms with Crippen molar-refractivity contribution in [3.63, 3.8) is 0 Å². The SMILES string of the molecule is CCCC(=O)Oc1ccc2cc(C)ccc2c1. The average Bonchev–Trinajstić information content (AvgIpc) is 2.29. The highest BCUT2D eigenvalue weighted by molar-refractivity contribution is 5.85. The van der Waals surface area contributed by atoms with Crippen LogP contribution in [0.15, 0.2) is 36.4 Å². The van der Waals surface area contributed by atoms with Crippen LogP contribution in [0.4, 0.5) is 0 Å². The Labute approximate surface area is 101 Å². The van der Waals surface area contributed by atoms with Gasteiger partial charge in [0.05, 0.1) is 0 Å². The first kappa shape index (κ1) is 11.6. The topological polar surface area (TPSA) is 26.3 Å². The number of ether oxygens (including phenoxy) is 1. The van der Waals surface area contributed by atoms with Crippen molar-refractivity contribution in [2.45, 2.75) is 26.7 Å². The van der Waals surface area contributed by atoms with Gasteiger partial charge in [-0.15, -0.1) is 0 Å². The zero-order valence-corrected chi connectivity index (χ0v) is 10.2. The number of hydrogen-bond acceptors (Lipinski definition) is 2. The number of carbonyl (C=O) groups is 1. The van der Waals surface area contributed by atoms with Gasteiger partial charge in [0.2, 0.25) is 0 Å². The fourth-order valence-electron chi connectivity index (χ4n) is 1.79. The quantitative estimate of drug-likeness (QED) is 0.589. The summed E-state index contributed by atoms with van der Waals surface area (Å²) in [6, 6.07) is 11.9. The second-order valence-corrected chi connectivity index (χ2v) is 4.24. The first-order valence-electron chi connectivity index (χ1n) is 5.90. The minimum Gasteiger partial charge on any atom is -0.427 e. The van der Waals surface area contributed by atoms with Gasteiger partial charge in [-0.25, -0.2) is 0 Å². The van der Waals surface area contributed by atoms with E-state index in [1.807, 2.05) is 31.2 Å². The fourth-order valence-corrected chi connectivity index (χ4v) is 1.79. The van der Waals surface area contributed by atoms with Crippen LogP contribution in [-0.2, 0) is 4.79 Å². The van der Waals surface area contributed by atoms with E-state index in [4.69, 9.17) is 4.74 Å². The fraction of sp³-hybridized carbons (Fsp3) is 0.267. The molecule has 0 aliphatic heterocycles. The summed E-state index contributed by atoms with van der Waals surface area (Å²) in [6.07, 6.45) is 1.28. The number of rotatable bonds is 3. The summed E-state index contributed by atoms with van der Waals surface area (Å²) in [5.41, 5.74) is 1.23. The maximum absolute atomic E-state index is 11.4. The van der Waals surface area contributed by atoms with Crippen LogP contribution in [0, 0.1) is 6.92 Å². The van der Waals surface area contributed by atoms with E-state index in [9.17, 15) is 4.79 Å². The summed E-state index contributed by atoms with van der Waals surface area (Å²) < 4.78 is 5.25. The summed E-state index contributed by atoms with van der Waals surface area (Å²) in [6.45, 7) is 4.03. The van der Waals surface area contributed by atoms with Crippen LogP contribution in [-0.4, -0.2) is 5.97 Å². The molecule has 2 aromatic rings. The van der Waals surface area contributed by atoms with Crippen molar-refractivity contribution in [3.8, 4) is 5.75 Å². The molecule has 0 spiro atoms. The minimum absolute atomic E-state index is 0.168. The molecule has 88 valence electrons. The van der Waals surface area contributed by atoms with E-state index >= 15 is 0 Å². The third-order valence-electron chi connectivity index (χ3n) is 2.65. The lowest BCUT2D eigenvalue weighted by atomic mass is 10.1. The van der Waals surface area contributed by atoms with E-state index in [1.165, 1.54) is 10.9 Å². The normalized spacial score (nSPS) is 10.5. The second kappa shape index (κ2) is 5.00. The molecule has 0 radical (unpaired) electrons. The molecule has 0 N–H and O–H groups in total. The predicted octanol–water partition coefficient (Wildman–Crippen LogP) is 3.85. The Hall–Kier alpha value is -1.83. The average molecular weight is 228 g/mol. The molecule has 0 aliphatic carbocycles. The lowest BCUT2D eigenvalue weighted by molar-refractivity contribution is -0.134. The van der Waals surface area contributed by atoms with Crippen LogP contribution in [0.5, 0.6) is 5.75 Å². The van der Waals surface area contributed by atoms with Crippen molar-refractivity contribution in [1.82, 2.24) is 0 Å². The van der Waals surface area contributed by atoms with E-state index in [1.54, 1.807) is 0 Å². The third kappa shape index (κ3) is 2.84. The molecule has 0 fully saturated rings. The van der Waals surface area contributed by atoms with Crippen molar-refractivity contribution in [2.24, 2.45) is 0 Å². The van der Waals surface area contributed by atoms with Crippen LogP contribution < -0.4 is 4.74 Å². The van der Waals surface area contributed by atoms with Gasteiger partial charge >= 0.3 is 5.97 Å². The Balaban J connectivity index is 2.26. The molecule has 2 heteroatoms. The first-order valence-corrected chi connectivity index (χ1v) is 5.90. The van der Waals surface area contributed by atoms with Crippen LogP contribution in [0.3, 0.4) is 0 Å². The Morgan fingerprint density at radius 1 is 1.12 bits per heavy atom. The number of fused-ring (bicyclic) bond motifs is 1. The molecular formula is C15H16O2. The van der Waals surface area contributed by atoms with Crippen LogP contribution >= 0.6 is 0 Å². The highest BCUT2D eigenvalue weighted by Crippen LogP contribution is 2.22. The van der Waals surface area contributed by atoms with Gasteiger partial charge in [-0.05, 0) is 36.2 Å². The molecule has 0 saturated carbocycles. The summed E-state index contributed by atoms with van der Waals surface area (Å²) in [5.74, 6) is 0.457. The molecular weight excluding hydrogens is 212 g/mol. The van der Waals surface area contributed by atoms with Crippen LogP contribution in [0.1, 0.15) is 25.3 Å². The third-order valence-corrected chi connectivity index (χ3v) is 2.65. The smallest absolute Gasteiger partial charge is 0.311 e. The van der Waals surface area contributed by atoms with E-state index in [0.717, 1.165) is 11.8 Å². The minimum atomic E-state index is -0.168. The van der Waals surface area contributed by atoms with Gasteiger partial charge in [0, 0.05) is 6.42 Å². The monoisotopic (exact) mass is 228 g/mol. The van der Waals surface area contributed by atoms with E-state index in [2.05, 4.69) is 19.1 Å². The van der Waals surface area contributed by atoms with Gasteiger partial charge in [-0.2, -0.15) is 0 Å². The number of aryl methyl sites for hydroxylation is 1. The Kier molecular flexibility index (Phi) is 3.43. The Bertz CT molecular complexity index is 544. The number of benzene rings is 2. The van der Waals surface area contributed by atoms with Crippen molar-refractivity contribution in [2.75, 3.05) is 0 Å². The highest BCUT2D eigenvalue weighted by atomic mass is 16.5. The van der Waals surface area contributed by atoms with Crippen LogP contribution in [0.25, 0.3) is 10.8 Å². The molecule has 0 unspecified atom stereocenters. The van der Waals surface area contributed by atoms with Gasteiger partial charge in [0.25, 0.3) is 0 Å². The highest BCUT2D eigenvalue weighted by Gasteiger charge is 2.04. The summed E-state index contributed by atoms with van der Waals surface area (Å²) >= 11 is 0. The summed E-state index contributed by atoms with van der Waals surface area (Å²) in [4.78, 5) is 11.4. The van der Waals surface area contributed by atoms with Crippen molar-refractivity contribution >= 4 is 16.7 Å². The molecule has 0 heterocycles. The molecule has 0 atom stereocenters. The van der Waals surface area contributed by atoms with Gasteiger partial charge in [-0.1, -0.05) is 36.8 Å². The Morgan fingerprint density at radius 2 is 1.82 bits per heavy atom. The van der Waals surface area contributed by atoms with E-state index in [-0.39, 0.29) is 5.97 Å². The molecule has 2 nitrogen and oxygen atoms in total. The maximum atomic E-state index is 11.4. The standard InChI is InChI=1S/C15H16O2/c1-3-4-15(16)17-14-8-7-12-9-11(2)5-6-13(12)10-14/h5-10H,3-4H2,1-2H3. The molecule has 17 heavy (non-hydrogen) atoms. The molecule has 2 aromatic carbocycles. The van der Waals surface area contributed by atoms with Gasteiger partial charge in [0.1, 0.15) is 5.75 Å². The largest absolute Gasteiger partial charge is 0.427 e. The number of hydrogen-bond donors (Lipinski definition) is 0. The zero-order valence-electron chi connectivity index (χ0n) is 10.2. The van der Waals surface area contributed by atoms with Gasteiger partial charge in [-0.3, -0.25) is 4.79 Å². The summed E-state index contributed by atoms with van der Waals surface area (Å²) in [5, 5.41) is 2.26. The molecule has 2 rings (SSSR count). The van der Waals surface area contributed by atoms with E-state index in [0.29, 0.717) is 12.2 Å². The summed E-state index contributed by atoms with van der Waals surface area (Å²) in [7, 11) is 0. The zero-order chi connectivity index (χ0) is 12.3. The molecule has 0 saturated heterocycles. The maximum Gasteiger partial charge on any atom is 0.311 e. The number of carbonyl (C=O) groups excluding carboxylic acids is 1. The molecule has 0 amide bonds. The molecule has 0 bridgehead atoms. The first-order chi connectivity index (χ1) is 8.19. The second-order valence-electron chi connectivity index (χ2n) is 4.24. The van der Waals surface area contributed by atoms with Crippen molar-refractivity contribution < 1.29 is 9.53 Å². The Morgan fingerprint density at radius 3 is 2.59 bits per heavy atom.